The van der Waals surface area contributed by atoms with Gasteiger partial charge in [-0.05, 0) is 38.0 Å². The van der Waals surface area contributed by atoms with Crippen molar-refractivity contribution in [3.05, 3.63) is 46.4 Å². The maximum atomic E-state index is 12.2. The van der Waals surface area contributed by atoms with Gasteiger partial charge in [0, 0.05) is 49.5 Å². The van der Waals surface area contributed by atoms with Crippen LogP contribution >= 0.6 is 0 Å². The fourth-order valence-corrected chi connectivity index (χ4v) is 3.98. The van der Waals surface area contributed by atoms with Gasteiger partial charge in [0.15, 0.2) is 0 Å². The lowest BCUT2D eigenvalue weighted by Gasteiger charge is -2.23. The van der Waals surface area contributed by atoms with Crippen LogP contribution in [0.25, 0.3) is 22.4 Å². The molecule has 1 N–H and O–H groups in total. The minimum absolute atomic E-state index is 0.00298. The maximum Gasteiger partial charge on any atom is 0.253 e. The Hall–Kier alpha value is -2.64. The maximum absolute atomic E-state index is 12.2. The van der Waals surface area contributed by atoms with Crippen LogP contribution < -0.4 is 10.3 Å². The first kappa shape index (κ1) is 19.7. The number of imidazole rings is 1. The number of benzene rings is 1. The van der Waals surface area contributed by atoms with Crippen LogP contribution in [0.5, 0.6) is 5.75 Å². The average Bonchev–Trinajstić information content (AvgIpc) is 3.08. The van der Waals surface area contributed by atoms with E-state index < -0.39 is 0 Å². The molecular weight excluding hydrogens is 370 g/mol. The highest BCUT2D eigenvalue weighted by Crippen LogP contribution is 2.29. The van der Waals surface area contributed by atoms with Gasteiger partial charge in [-0.15, -0.1) is 0 Å². The average molecular weight is 397 g/mol. The minimum atomic E-state index is -0.0310. The summed E-state index contributed by atoms with van der Waals surface area (Å²) in [4.78, 5) is 17.0. The summed E-state index contributed by atoms with van der Waals surface area (Å²) in [6, 6.07) is 7.72. The first-order valence-corrected chi connectivity index (χ1v) is 10.1. The second kappa shape index (κ2) is 8.39. The van der Waals surface area contributed by atoms with Crippen molar-refractivity contribution < 1.29 is 14.6 Å². The van der Waals surface area contributed by atoms with Crippen LogP contribution in [0.4, 0.5) is 0 Å². The molecule has 1 aliphatic rings. The molecule has 1 aliphatic heterocycles. The Balaban J connectivity index is 1.81. The summed E-state index contributed by atoms with van der Waals surface area (Å²) in [6.07, 6.45) is 4.04. The lowest BCUT2D eigenvalue weighted by molar-refractivity contribution is 0.0489. The monoisotopic (exact) mass is 397 g/mol. The summed E-state index contributed by atoms with van der Waals surface area (Å²) in [7, 11) is 1.77. The molecule has 154 valence electrons. The lowest BCUT2D eigenvalue weighted by atomic mass is 10.0. The Labute approximate surface area is 169 Å². The van der Waals surface area contributed by atoms with Gasteiger partial charge >= 0.3 is 0 Å². The van der Waals surface area contributed by atoms with Crippen molar-refractivity contribution in [3.8, 4) is 17.1 Å². The van der Waals surface area contributed by atoms with E-state index in [1.807, 2.05) is 37.4 Å². The van der Waals surface area contributed by atoms with E-state index in [1.165, 1.54) is 0 Å². The van der Waals surface area contributed by atoms with Crippen LogP contribution in [0.1, 0.15) is 18.4 Å². The molecule has 3 aromatic rings. The molecule has 0 amide bonds. The highest BCUT2D eigenvalue weighted by Gasteiger charge is 2.20. The van der Waals surface area contributed by atoms with Crippen molar-refractivity contribution in [1.82, 2.24) is 14.1 Å². The Morgan fingerprint density at radius 3 is 2.93 bits per heavy atom. The molecule has 0 saturated carbocycles. The first-order chi connectivity index (χ1) is 14.1. The number of fused-ring (bicyclic) bond motifs is 1. The number of hydrogen-bond acceptors (Lipinski definition) is 5. The molecule has 1 fully saturated rings. The fraction of sp³-hybridized carbons (Fsp3) is 0.455. The molecule has 1 atom stereocenters. The van der Waals surface area contributed by atoms with Crippen LogP contribution in [0.2, 0.25) is 0 Å². The van der Waals surface area contributed by atoms with E-state index in [0.717, 1.165) is 55.0 Å². The second-order valence-corrected chi connectivity index (χ2v) is 7.68. The zero-order valence-electron chi connectivity index (χ0n) is 16.9. The number of aliphatic hydroxyl groups excluding tert-OH is 1. The number of aromatic nitrogens is 3. The van der Waals surface area contributed by atoms with E-state index in [4.69, 9.17) is 19.6 Å². The van der Waals surface area contributed by atoms with E-state index in [-0.39, 0.29) is 18.8 Å². The lowest BCUT2D eigenvalue weighted by Crippen LogP contribution is -2.23. The van der Waals surface area contributed by atoms with Gasteiger partial charge < -0.3 is 23.7 Å². The fourth-order valence-electron chi connectivity index (χ4n) is 3.98. The smallest absolute Gasteiger partial charge is 0.253 e. The van der Waals surface area contributed by atoms with Gasteiger partial charge in [-0.2, -0.15) is 0 Å². The molecule has 0 radical (unpaired) electrons. The zero-order chi connectivity index (χ0) is 20.4. The Bertz CT molecular complexity index is 1040. The van der Waals surface area contributed by atoms with Crippen molar-refractivity contribution in [2.75, 3.05) is 26.4 Å². The number of aliphatic hydroxyl groups is 1. The molecular formula is C22H27N3O4. The van der Waals surface area contributed by atoms with Gasteiger partial charge in [-0.1, -0.05) is 0 Å². The van der Waals surface area contributed by atoms with Gasteiger partial charge in [0.05, 0.1) is 24.2 Å². The predicted octanol–water partition coefficient (Wildman–Crippen LogP) is 2.51. The third-order valence-corrected chi connectivity index (χ3v) is 5.40. The SMILES string of the molecule is Cc1cc(-c2nc3cc(OCCO)ccc3n2CC2CCCOC2)cn(C)c1=O. The number of pyridine rings is 1. The standard InChI is InChI=1S/C22H27N3O4/c1-15-10-17(13-24(2)22(15)27)21-23-19-11-18(29-9-7-26)5-6-20(19)25(21)12-16-4-3-8-28-14-16/h5-6,10-11,13,16,26H,3-4,7-9,12,14H2,1-2H3. The zero-order valence-corrected chi connectivity index (χ0v) is 16.9. The Kier molecular flexibility index (Phi) is 5.69. The molecule has 1 unspecified atom stereocenters. The minimum Gasteiger partial charge on any atom is -0.491 e. The van der Waals surface area contributed by atoms with Crippen molar-refractivity contribution >= 4 is 11.0 Å². The van der Waals surface area contributed by atoms with Crippen molar-refractivity contribution in [2.45, 2.75) is 26.3 Å². The first-order valence-electron chi connectivity index (χ1n) is 10.1. The van der Waals surface area contributed by atoms with Gasteiger partial charge in [-0.25, -0.2) is 4.98 Å². The molecule has 29 heavy (non-hydrogen) atoms. The Morgan fingerprint density at radius 2 is 2.21 bits per heavy atom. The van der Waals surface area contributed by atoms with Crippen LogP contribution in [-0.4, -0.2) is 45.7 Å². The predicted molar refractivity (Wildman–Crippen MR) is 111 cm³/mol. The van der Waals surface area contributed by atoms with E-state index in [0.29, 0.717) is 17.2 Å². The number of ether oxygens (including phenoxy) is 2. The van der Waals surface area contributed by atoms with Gasteiger partial charge in [0.2, 0.25) is 0 Å². The van der Waals surface area contributed by atoms with E-state index in [2.05, 4.69) is 4.57 Å². The summed E-state index contributed by atoms with van der Waals surface area (Å²) in [5.41, 5.74) is 3.45. The van der Waals surface area contributed by atoms with Crippen LogP contribution in [0, 0.1) is 12.8 Å². The molecule has 2 aromatic heterocycles. The molecule has 1 saturated heterocycles. The molecule has 0 bridgehead atoms. The summed E-state index contributed by atoms with van der Waals surface area (Å²) in [6.45, 7) is 4.44. The molecule has 3 heterocycles. The highest BCUT2D eigenvalue weighted by molar-refractivity contribution is 5.82. The number of hydrogen-bond donors (Lipinski definition) is 1. The topological polar surface area (TPSA) is 78.5 Å². The van der Waals surface area contributed by atoms with Crippen LogP contribution in [0.15, 0.2) is 35.3 Å². The molecule has 4 rings (SSSR count). The normalized spacial score (nSPS) is 17.0. The number of rotatable bonds is 6. The summed E-state index contributed by atoms with van der Waals surface area (Å²) < 4.78 is 15.1. The number of aryl methyl sites for hydroxylation is 2. The summed E-state index contributed by atoms with van der Waals surface area (Å²) in [5, 5.41) is 9.01. The van der Waals surface area contributed by atoms with Gasteiger partial charge in [0.1, 0.15) is 18.2 Å². The molecule has 1 aromatic carbocycles. The van der Waals surface area contributed by atoms with E-state index >= 15 is 0 Å². The Morgan fingerprint density at radius 1 is 1.34 bits per heavy atom. The number of nitrogens with zero attached hydrogens (tertiary/aromatic N) is 3. The molecule has 0 spiro atoms. The highest BCUT2D eigenvalue weighted by atomic mass is 16.5. The summed E-state index contributed by atoms with van der Waals surface area (Å²) in [5.74, 6) is 1.95. The molecule has 0 aliphatic carbocycles. The van der Waals surface area contributed by atoms with Crippen LogP contribution in [-0.2, 0) is 18.3 Å². The van der Waals surface area contributed by atoms with Crippen molar-refractivity contribution in [1.29, 1.82) is 0 Å². The quantitative estimate of drug-likeness (QED) is 0.691. The third-order valence-electron chi connectivity index (χ3n) is 5.40. The second-order valence-electron chi connectivity index (χ2n) is 7.68. The van der Waals surface area contributed by atoms with Crippen molar-refractivity contribution in [2.24, 2.45) is 13.0 Å². The third kappa shape index (κ3) is 4.06. The molecule has 7 nitrogen and oxygen atoms in total. The van der Waals surface area contributed by atoms with Gasteiger partial charge in [-0.3, -0.25) is 4.79 Å². The summed E-state index contributed by atoms with van der Waals surface area (Å²) >= 11 is 0. The van der Waals surface area contributed by atoms with E-state index in [1.54, 1.807) is 11.6 Å². The van der Waals surface area contributed by atoms with E-state index in [9.17, 15) is 4.79 Å². The van der Waals surface area contributed by atoms with Gasteiger partial charge in [0.25, 0.3) is 5.56 Å². The van der Waals surface area contributed by atoms with Crippen LogP contribution in [0.3, 0.4) is 0 Å². The largest absolute Gasteiger partial charge is 0.491 e. The van der Waals surface area contributed by atoms with Crippen molar-refractivity contribution in [3.63, 3.8) is 0 Å². The molecule has 7 heteroatoms.